The Bertz CT molecular complexity index is 682. The molecule has 2 aliphatic rings. The number of aryl methyl sites for hydroxylation is 1. The van der Waals surface area contributed by atoms with Gasteiger partial charge in [-0.25, -0.2) is 9.97 Å². The van der Waals surface area contributed by atoms with E-state index in [4.69, 9.17) is 0 Å². The summed E-state index contributed by atoms with van der Waals surface area (Å²) < 4.78 is 1.81. The Labute approximate surface area is 143 Å². The van der Waals surface area contributed by atoms with Crippen LogP contribution in [0.2, 0.25) is 0 Å². The minimum Gasteiger partial charge on any atom is -0.367 e. The maximum atomic E-state index is 4.49. The first kappa shape index (κ1) is 15.8. The molecule has 0 unspecified atom stereocenters. The maximum absolute atomic E-state index is 4.49. The van der Waals surface area contributed by atoms with Gasteiger partial charge in [-0.15, -0.1) is 0 Å². The number of likely N-dealkylation sites (tertiary alicyclic amines) is 1. The summed E-state index contributed by atoms with van der Waals surface area (Å²) in [5.41, 5.74) is 1.20. The van der Waals surface area contributed by atoms with E-state index in [0.29, 0.717) is 5.54 Å². The number of nitrogens with zero attached hydrogens (tertiary/aromatic N) is 5. The first-order chi connectivity index (χ1) is 11.8. The van der Waals surface area contributed by atoms with Gasteiger partial charge in [-0.1, -0.05) is 25.7 Å². The quantitative estimate of drug-likeness (QED) is 0.935. The van der Waals surface area contributed by atoms with E-state index in [1.807, 2.05) is 17.9 Å². The molecule has 1 aliphatic carbocycles. The Morgan fingerprint density at radius 3 is 2.58 bits per heavy atom. The standard InChI is InChI=1S/C18H28N6/c1-23-17-15(12-22-23)16(20-14-21-17)19-13-18(8-4-2-5-9-18)24-10-6-3-7-11-24/h12,14H,2-11,13H2,1H3,(H,19,20,21). The monoisotopic (exact) mass is 328 g/mol. The molecule has 6 heteroatoms. The van der Waals surface area contributed by atoms with Gasteiger partial charge in [-0.2, -0.15) is 5.10 Å². The van der Waals surface area contributed by atoms with Crippen LogP contribution in [0.25, 0.3) is 11.0 Å². The van der Waals surface area contributed by atoms with Crippen molar-refractivity contribution in [3.8, 4) is 0 Å². The molecule has 2 aromatic rings. The van der Waals surface area contributed by atoms with Crippen LogP contribution in [0.3, 0.4) is 0 Å². The predicted octanol–water partition coefficient (Wildman–Crippen LogP) is 2.96. The van der Waals surface area contributed by atoms with Crippen molar-refractivity contribution in [1.29, 1.82) is 0 Å². The van der Waals surface area contributed by atoms with Gasteiger partial charge in [0.25, 0.3) is 0 Å². The van der Waals surface area contributed by atoms with Crippen molar-refractivity contribution < 1.29 is 0 Å². The number of nitrogens with one attached hydrogen (secondary N) is 1. The Balaban J connectivity index is 1.56. The second-order valence-electron chi connectivity index (χ2n) is 7.41. The molecule has 0 spiro atoms. The summed E-state index contributed by atoms with van der Waals surface area (Å²) in [7, 11) is 1.93. The molecule has 0 aromatic carbocycles. The molecule has 1 aliphatic heterocycles. The average Bonchev–Trinajstić information content (AvgIpc) is 3.03. The lowest BCUT2D eigenvalue weighted by molar-refractivity contribution is 0.0437. The van der Waals surface area contributed by atoms with Crippen LogP contribution in [0, 0.1) is 0 Å². The topological polar surface area (TPSA) is 58.9 Å². The van der Waals surface area contributed by atoms with Crippen LogP contribution >= 0.6 is 0 Å². The average molecular weight is 328 g/mol. The van der Waals surface area contributed by atoms with Crippen molar-refractivity contribution in [2.45, 2.75) is 56.9 Å². The van der Waals surface area contributed by atoms with E-state index in [2.05, 4.69) is 25.3 Å². The molecule has 2 fully saturated rings. The molecule has 4 rings (SSSR count). The summed E-state index contributed by atoms with van der Waals surface area (Å²) in [6.07, 6.45) is 14.3. The molecule has 1 saturated heterocycles. The largest absolute Gasteiger partial charge is 0.367 e. The highest BCUT2D eigenvalue weighted by atomic mass is 15.3. The van der Waals surface area contributed by atoms with Gasteiger partial charge >= 0.3 is 0 Å². The molecule has 0 atom stereocenters. The highest BCUT2D eigenvalue weighted by molar-refractivity contribution is 5.85. The van der Waals surface area contributed by atoms with Crippen molar-refractivity contribution in [3.05, 3.63) is 12.5 Å². The second-order valence-corrected chi connectivity index (χ2v) is 7.41. The van der Waals surface area contributed by atoms with Gasteiger partial charge < -0.3 is 5.32 Å². The zero-order valence-electron chi connectivity index (χ0n) is 14.7. The van der Waals surface area contributed by atoms with Gasteiger partial charge in [0.1, 0.15) is 12.1 Å². The highest BCUT2D eigenvalue weighted by Crippen LogP contribution is 2.36. The first-order valence-electron chi connectivity index (χ1n) is 9.40. The molecule has 0 bridgehead atoms. The molecule has 1 saturated carbocycles. The van der Waals surface area contributed by atoms with Gasteiger partial charge in [0, 0.05) is 19.1 Å². The van der Waals surface area contributed by atoms with E-state index in [0.717, 1.165) is 23.4 Å². The molecule has 3 heterocycles. The SMILES string of the molecule is Cn1ncc2c(NCC3(N4CCCCC4)CCCCC3)ncnc21. The van der Waals surface area contributed by atoms with Crippen LogP contribution in [0.5, 0.6) is 0 Å². The third kappa shape index (κ3) is 2.88. The highest BCUT2D eigenvalue weighted by Gasteiger charge is 2.38. The lowest BCUT2D eigenvalue weighted by Crippen LogP contribution is -2.56. The lowest BCUT2D eigenvalue weighted by atomic mass is 9.79. The number of fused-ring (bicyclic) bond motifs is 1. The van der Waals surface area contributed by atoms with E-state index in [1.54, 1.807) is 6.33 Å². The van der Waals surface area contributed by atoms with E-state index in [-0.39, 0.29) is 0 Å². The molecule has 2 aromatic heterocycles. The summed E-state index contributed by atoms with van der Waals surface area (Å²) in [4.78, 5) is 11.6. The molecule has 24 heavy (non-hydrogen) atoms. The zero-order chi connectivity index (χ0) is 16.4. The minimum atomic E-state index is 0.304. The Morgan fingerprint density at radius 1 is 1.04 bits per heavy atom. The summed E-state index contributed by atoms with van der Waals surface area (Å²) >= 11 is 0. The second kappa shape index (κ2) is 6.67. The minimum absolute atomic E-state index is 0.304. The molecular weight excluding hydrogens is 300 g/mol. The molecule has 0 amide bonds. The number of rotatable bonds is 4. The van der Waals surface area contributed by atoms with E-state index < -0.39 is 0 Å². The van der Waals surface area contributed by atoms with Crippen LogP contribution < -0.4 is 5.32 Å². The maximum Gasteiger partial charge on any atom is 0.163 e. The number of anilines is 1. The zero-order valence-corrected chi connectivity index (χ0v) is 14.7. The Kier molecular flexibility index (Phi) is 4.39. The smallest absolute Gasteiger partial charge is 0.163 e. The normalized spacial score (nSPS) is 21.9. The van der Waals surface area contributed by atoms with Crippen LogP contribution in [0.1, 0.15) is 51.4 Å². The Hall–Kier alpha value is -1.69. The molecular formula is C18H28N6. The number of hydrogen-bond donors (Lipinski definition) is 1. The van der Waals surface area contributed by atoms with Crippen LogP contribution in [0.15, 0.2) is 12.5 Å². The number of aromatic nitrogens is 4. The third-order valence-electron chi connectivity index (χ3n) is 5.93. The van der Waals surface area contributed by atoms with Crippen molar-refractivity contribution in [2.75, 3.05) is 25.0 Å². The van der Waals surface area contributed by atoms with Crippen LogP contribution in [0.4, 0.5) is 5.82 Å². The van der Waals surface area contributed by atoms with Gasteiger partial charge in [0.15, 0.2) is 5.65 Å². The van der Waals surface area contributed by atoms with Crippen LogP contribution in [-0.4, -0.2) is 49.8 Å². The van der Waals surface area contributed by atoms with E-state index >= 15 is 0 Å². The summed E-state index contributed by atoms with van der Waals surface area (Å²) in [5.74, 6) is 0.926. The van der Waals surface area contributed by atoms with Crippen molar-refractivity contribution in [1.82, 2.24) is 24.6 Å². The fourth-order valence-electron chi connectivity index (χ4n) is 4.53. The molecule has 6 nitrogen and oxygen atoms in total. The van der Waals surface area contributed by atoms with Crippen molar-refractivity contribution in [3.63, 3.8) is 0 Å². The first-order valence-corrected chi connectivity index (χ1v) is 9.40. The number of piperidine rings is 1. The lowest BCUT2D eigenvalue weighted by Gasteiger charge is -2.48. The summed E-state index contributed by atoms with van der Waals surface area (Å²) in [5, 5.41) is 9.00. The number of hydrogen-bond acceptors (Lipinski definition) is 5. The molecule has 1 N–H and O–H groups in total. The summed E-state index contributed by atoms with van der Waals surface area (Å²) in [6, 6.07) is 0. The van der Waals surface area contributed by atoms with Gasteiger partial charge in [-0.3, -0.25) is 9.58 Å². The fraction of sp³-hybridized carbons (Fsp3) is 0.722. The third-order valence-corrected chi connectivity index (χ3v) is 5.93. The van der Waals surface area contributed by atoms with E-state index in [9.17, 15) is 0 Å². The van der Waals surface area contributed by atoms with Gasteiger partial charge in [-0.05, 0) is 38.8 Å². The van der Waals surface area contributed by atoms with Crippen LogP contribution in [-0.2, 0) is 7.05 Å². The van der Waals surface area contributed by atoms with E-state index in [1.165, 1.54) is 64.5 Å². The van der Waals surface area contributed by atoms with Gasteiger partial charge in [0.2, 0.25) is 0 Å². The fourth-order valence-corrected chi connectivity index (χ4v) is 4.53. The van der Waals surface area contributed by atoms with Crippen molar-refractivity contribution >= 4 is 16.9 Å². The molecule has 130 valence electrons. The van der Waals surface area contributed by atoms with Gasteiger partial charge in [0.05, 0.1) is 11.6 Å². The summed E-state index contributed by atoms with van der Waals surface area (Å²) in [6.45, 7) is 3.50. The predicted molar refractivity (Wildman–Crippen MR) is 96.0 cm³/mol. The molecule has 0 radical (unpaired) electrons. The van der Waals surface area contributed by atoms with Crippen molar-refractivity contribution in [2.24, 2.45) is 7.05 Å². The Morgan fingerprint density at radius 2 is 1.79 bits per heavy atom.